The number of sulfonamides is 1. The first-order valence-electron chi connectivity index (χ1n) is 6.67. The first kappa shape index (κ1) is 16.3. The number of nitrogen functional groups attached to an aromatic ring is 1. The van der Waals surface area contributed by atoms with E-state index in [0.717, 1.165) is 5.56 Å². The smallest absolute Gasteiger partial charge is 0.240 e. The van der Waals surface area contributed by atoms with Gasteiger partial charge in [0.2, 0.25) is 10.0 Å². The Hall–Kier alpha value is -1.12. The second-order valence-corrected chi connectivity index (χ2v) is 9.55. The van der Waals surface area contributed by atoms with Crippen molar-refractivity contribution in [1.29, 1.82) is 0 Å². The molecule has 1 aromatic rings. The zero-order valence-electron chi connectivity index (χ0n) is 12.1. The number of rotatable bonds is 4. The van der Waals surface area contributed by atoms with Gasteiger partial charge in [0.15, 0.2) is 9.84 Å². The zero-order chi connectivity index (χ0) is 15.8. The molecule has 1 atom stereocenters. The SMILES string of the molecule is Cc1cc(N)cc(S(=O)(=O)NCC2CCS(=O)(=O)C2)c1C. The fraction of sp³-hybridized carbons (Fsp3) is 0.538. The van der Waals surface area contributed by atoms with E-state index in [1.807, 2.05) is 0 Å². The van der Waals surface area contributed by atoms with Gasteiger partial charge in [-0.05, 0) is 49.4 Å². The van der Waals surface area contributed by atoms with Crippen LogP contribution in [0, 0.1) is 19.8 Å². The monoisotopic (exact) mass is 332 g/mol. The molecule has 1 fully saturated rings. The topological polar surface area (TPSA) is 106 Å². The molecule has 0 aliphatic carbocycles. The lowest BCUT2D eigenvalue weighted by atomic mass is 10.1. The van der Waals surface area contributed by atoms with Gasteiger partial charge in [-0.2, -0.15) is 0 Å². The summed E-state index contributed by atoms with van der Waals surface area (Å²) in [6.07, 6.45) is 0.500. The van der Waals surface area contributed by atoms with Crippen molar-refractivity contribution in [3.63, 3.8) is 0 Å². The van der Waals surface area contributed by atoms with Crippen molar-refractivity contribution in [2.24, 2.45) is 5.92 Å². The summed E-state index contributed by atoms with van der Waals surface area (Å²) in [6, 6.07) is 3.15. The summed E-state index contributed by atoms with van der Waals surface area (Å²) in [5, 5.41) is 0. The fourth-order valence-corrected chi connectivity index (χ4v) is 5.80. The summed E-state index contributed by atoms with van der Waals surface area (Å²) in [5.41, 5.74) is 7.55. The average molecular weight is 332 g/mol. The van der Waals surface area contributed by atoms with E-state index < -0.39 is 19.9 Å². The Bertz CT molecular complexity index is 755. The van der Waals surface area contributed by atoms with Crippen LogP contribution in [0.3, 0.4) is 0 Å². The fourth-order valence-electron chi connectivity index (χ4n) is 2.47. The van der Waals surface area contributed by atoms with Crippen molar-refractivity contribution in [3.8, 4) is 0 Å². The molecule has 0 radical (unpaired) electrons. The van der Waals surface area contributed by atoms with Gasteiger partial charge in [-0.3, -0.25) is 0 Å². The predicted octanol–water partition coefficient (Wildman–Crippen LogP) is 0.599. The number of nitrogens with one attached hydrogen (secondary N) is 1. The van der Waals surface area contributed by atoms with Gasteiger partial charge >= 0.3 is 0 Å². The quantitative estimate of drug-likeness (QED) is 0.785. The van der Waals surface area contributed by atoms with Crippen molar-refractivity contribution >= 4 is 25.5 Å². The maximum Gasteiger partial charge on any atom is 0.240 e. The van der Waals surface area contributed by atoms with E-state index in [-0.39, 0.29) is 28.9 Å². The van der Waals surface area contributed by atoms with Gasteiger partial charge in [-0.25, -0.2) is 21.6 Å². The van der Waals surface area contributed by atoms with Crippen LogP contribution in [0.25, 0.3) is 0 Å². The molecule has 6 nitrogen and oxygen atoms in total. The minimum absolute atomic E-state index is 0.0461. The number of hydrogen-bond donors (Lipinski definition) is 2. The third-order valence-corrected chi connectivity index (χ3v) is 7.21. The van der Waals surface area contributed by atoms with Crippen LogP contribution in [0.1, 0.15) is 17.5 Å². The van der Waals surface area contributed by atoms with Crippen LogP contribution >= 0.6 is 0 Å². The van der Waals surface area contributed by atoms with Gasteiger partial charge in [-0.15, -0.1) is 0 Å². The Labute approximate surface area is 125 Å². The van der Waals surface area contributed by atoms with Gasteiger partial charge in [0.1, 0.15) is 0 Å². The summed E-state index contributed by atoms with van der Waals surface area (Å²) < 4.78 is 50.0. The lowest BCUT2D eigenvalue weighted by molar-refractivity contribution is 0.543. The van der Waals surface area contributed by atoms with E-state index in [9.17, 15) is 16.8 Å². The maximum atomic E-state index is 12.4. The van der Waals surface area contributed by atoms with Crippen molar-refractivity contribution in [3.05, 3.63) is 23.3 Å². The number of anilines is 1. The molecule has 0 aromatic heterocycles. The highest BCUT2D eigenvalue weighted by Crippen LogP contribution is 2.23. The molecule has 8 heteroatoms. The maximum absolute atomic E-state index is 12.4. The van der Waals surface area contributed by atoms with E-state index >= 15 is 0 Å². The molecular weight excluding hydrogens is 312 g/mol. The molecule has 1 aromatic carbocycles. The zero-order valence-corrected chi connectivity index (χ0v) is 13.7. The molecule has 0 spiro atoms. The molecule has 0 bridgehead atoms. The number of nitrogens with two attached hydrogens (primary N) is 1. The highest BCUT2D eigenvalue weighted by atomic mass is 32.2. The molecule has 21 heavy (non-hydrogen) atoms. The molecule has 1 heterocycles. The molecule has 0 amide bonds. The molecule has 118 valence electrons. The minimum Gasteiger partial charge on any atom is -0.399 e. The van der Waals surface area contributed by atoms with E-state index in [0.29, 0.717) is 17.7 Å². The summed E-state index contributed by atoms with van der Waals surface area (Å²) in [5.74, 6) is 0.0209. The molecule has 1 saturated heterocycles. The Morgan fingerprint density at radius 3 is 2.57 bits per heavy atom. The molecule has 0 saturated carbocycles. The van der Waals surface area contributed by atoms with Crippen LogP contribution in [-0.2, 0) is 19.9 Å². The van der Waals surface area contributed by atoms with Gasteiger partial charge in [0.05, 0.1) is 16.4 Å². The summed E-state index contributed by atoms with van der Waals surface area (Å²) in [4.78, 5) is 0.154. The van der Waals surface area contributed by atoms with Crippen LogP contribution in [0.5, 0.6) is 0 Å². The molecule has 1 unspecified atom stereocenters. The Kier molecular flexibility index (Phi) is 4.32. The standard InChI is InChI=1S/C13H20N2O4S2/c1-9-5-12(14)6-13(10(9)2)21(18,19)15-7-11-3-4-20(16,17)8-11/h5-6,11,15H,3-4,7-8,14H2,1-2H3. The normalized spacial score (nSPS) is 21.5. The third kappa shape index (κ3) is 3.75. The Morgan fingerprint density at radius 1 is 1.33 bits per heavy atom. The van der Waals surface area contributed by atoms with Gasteiger partial charge < -0.3 is 5.73 Å². The van der Waals surface area contributed by atoms with Crippen molar-refractivity contribution < 1.29 is 16.8 Å². The average Bonchev–Trinajstić information content (AvgIpc) is 2.71. The number of hydrogen-bond acceptors (Lipinski definition) is 5. The van der Waals surface area contributed by atoms with Gasteiger partial charge in [0, 0.05) is 12.2 Å². The van der Waals surface area contributed by atoms with Crippen molar-refractivity contribution in [2.75, 3.05) is 23.8 Å². The molecule has 2 rings (SSSR count). The second kappa shape index (κ2) is 5.58. The van der Waals surface area contributed by atoms with Crippen molar-refractivity contribution in [1.82, 2.24) is 4.72 Å². The van der Waals surface area contributed by atoms with Gasteiger partial charge in [-0.1, -0.05) is 0 Å². The summed E-state index contributed by atoms with van der Waals surface area (Å²) >= 11 is 0. The summed E-state index contributed by atoms with van der Waals surface area (Å²) in [6.45, 7) is 3.66. The van der Waals surface area contributed by atoms with Gasteiger partial charge in [0.25, 0.3) is 0 Å². The third-order valence-electron chi connectivity index (χ3n) is 3.82. The van der Waals surface area contributed by atoms with E-state index in [1.165, 1.54) is 6.07 Å². The molecule has 1 aliphatic heterocycles. The number of benzene rings is 1. The van der Waals surface area contributed by atoms with E-state index in [4.69, 9.17) is 5.73 Å². The summed E-state index contributed by atoms with van der Waals surface area (Å²) in [7, 11) is -6.69. The Balaban J connectivity index is 2.16. The molecule has 3 N–H and O–H groups in total. The van der Waals surface area contributed by atoms with Crippen molar-refractivity contribution in [2.45, 2.75) is 25.2 Å². The van der Waals surface area contributed by atoms with Crippen LogP contribution in [-0.4, -0.2) is 34.9 Å². The van der Waals surface area contributed by atoms with Crippen LogP contribution < -0.4 is 10.5 Å². The lowest BCUT2D eigenvalue weighted by Crippen LogP contribution is -2.30. The highest BCUT2D eigenvalue weighted by Gasteiger charge is 2.29. The van der Waals surface area contributed by atoms with Crippen LogP contribution in [0.4, 0.5) is 5.69 Å². The highest BCUT2D eigenvalue weighted by molar-refractivity contribution is 7.91. The first-order chi connectivity index (χ1) is 9.61. The van der Waals surface area contributed by atoms with E-state index in [2.05, 4.69) is 4.72 Å². The number of sulfone groups is 1. The Morgan fingerprint density at radius 2 is 2.00 bits per heavy atom. The van der Waals surface area contributed by atoms with E-state index in [1.54, 1.807) is 19.9 Å². The number of aryl methyl sites for hydroxylation is 1. The lowest BCUT2D eigenvalue weighted by Gasteiger charge is -2.14. The molecular formula is C13H20N2O4S2. The van der Waals surface area contributed by atoms with Crippen LogP contribution in [0.15, 0.2) is 17.0 Å². The first-order valence-corrected chi connectivity index (χ1v) is 9.98. The minimum atomic E-state index is -3.69. The van der Waals surface area contributed by atoms with Crippen LogP contribution in [0.2, 0.25) is 0 Å². The molecule has 1 aliphatic rings. The second-order valence-electron chi connectivity index (χ2n) is 5.58. The largest absolute Gasteiger partial charge is 0.399 e. The predicted molar refractivity (Wildman–Crippen MR) is 82.3 cm³/mol.